The van der Waals surface area contributed by atoms with Crippen molar-refractivity contribution in [3.8, 4) is 5.75 Å². The molecule has 1 atom stereocenters. The van der Waals surface area contributed by atoms with Crippen LogP contribution in [0.5, 0.6) is 5.75 Å². The predicted molar refractivity (Wildman–Crippen MR) is 119 cm³/mol. The molecule has 0 aromatic heterocycles. The van der Waals surface area contributed by atoms with Gasteiger partial charge in [-0.2, -0.15) is 0 Å². The van der Waals surface area contributed by atoms with Crippen molar-refractivity contribution in [2.45, 2.75) is 46.2 Å². The van der Waals surface area contributed by atoms with Crippen molar-refractivity contribution in [3.05, 3.63) is 63.6 Å². The number of ether oxygens (including phenoxy) is 1. The fourth-order valence-electron chi connectivity index (χ4n) is 2.90. The molecular formula is C23H29BrN2O3. The summed E-state index contributed by atoms with van der Waals surface area (Å²) >= 11 is 3.51. The number of rotatable bonds is 8. The molecule has 0 radical (unpaired) electrons. The highest BCUT2D eigenvalue weighted by atomic mass is 79.9. The van der Waals surface area contributed by atoms with Gasteiger partial charge in [0, 0.05) is 13.6 Å². The molecule has 2 amide bonds. The fourth-order valence-corrected chi connectivity index (χ4v) is 3.41. The normalized spacial score (nSPS) is 11.8. The van der Waals surface area contributed by atoms with E-state index in [-0.39, 0.29) is 18.4 Å². The van der Waals surface area contributed by atoms with Crippen LogP contribution in [0.3, 0.4) is 0 Å². The third-order valence-electron chi connectivity index (χ3n) is 4.86. The highest BCUT2D eigenvalue weighted by molar-refractivity contribution is 9.10. The highest BCUT2D eigenvalue weighted by Crippen LogP contribution is 2.29. The highest BCUT2D eigenvalue weighted by Gasteiger charge is 2.26. The average Bonchev–Trinajstić information content (AvgIpc) is 2.70. The lowest BCUT2D eigenvalue weighted by Crippen LogP contribution is -2.48. The Morgan fingerprint density at radius 1 is 1.10 bits per heavy atom. The van der Waals surface area contributed by atoms with Crippen LogP contribution in [0.25, 0.3) is 0 Å². The van der Waals surface area contributed by atoms with Gasteiger partial charge in [-0.1, -0.05) is 49.7 Å². The molecule has 2 aromatic carbocycles. The monoisotopic (exact) mass is 460 g/mol. The number of likely N-dealkylation sites (N-methyl/N-ethyl adjacent to an activating group) is 1. The van der Waals surface area contributed by atoms with Gasteiger partial charge in [-0.15, -0.1) is 0 Å². The number of nitrogens with one attached hydrogen (secondary N) is 1. The average molecular weight is 461 g/mol. The van der Waals surface area contributed by atoms with E-state index < -0.39 is 6.04 Å². The molecule has 0 saturated heterocycles. The van der Waals surface area contributed by atoms with Gasteiger partial charge in [-0.25, -0.2) is 0 Å². The summed E-state index contributed by atoms with van der Waals surface area (Å²) in [5, 5.41) is 2.61. The molecule has 0 heterocycles. The molecule has 1 N–H and O–H groups in total. The smallest absolute Gasteiger partial charge is 0.261 e. The van der Waals surface area contributed by atoms with Crippen LogP contribution in [0.1, 0.15) is 43.4 Å². The van der Waals surface area contributed by atoms with Crippen LogP contribution in [0.2, 0.25) is 0 Å². The SMILES string of the molecule is CNC(=O)C(C)N(Cc1ccc(C)cc1)C(=O)COc1ccc(C(C)C)cc1Br. The van der Waals surface area contributed by atoms with Gasteiger partial charge in [0.25, 0.3) is 5.91 Å². The zero-order valence-electron chi connectivity index (χ0n) is 17.7. The summed E-state index contributed by atoms with van der Waals surface area (Å²) < 4.78 is 6.57. The predicted octanol–water partition coefficient (Wildman–Crippen LogP) is 4.42. The van der Waals surface area contributed by atoms with Crippen molar-refractivity contribution < 1.29 is 14.3 Å². The van der Waals surface area contributed by atoms with Crippen molar-refractivity contribution in [3.63, 3.8) is 0 Å². The van der Waals surface area contributed by atoms with E-state index in [0.29, 0.717) is 18.2 Å². The lowest BCUT2D eigenvalue weighted by Gasteiger charge is -2.28. The lowest BCUT2D eigenvalue weighted by molar-refractivity contribution is -0.142. The minimum atomic E-state index is -0.607. The van der Waals surface area contributed by atoms with Crippen molar-refractivity contribution in [1.29, 1.82) is 0 Å². The molecule has 0 aliphatic rings. The van der Waals surface area contributed by atoms with Crippen molar-refractivity contribution in [2.75, 3.05) is 13.7 Å². The van der Waals surface area contributed by atoms with Crippen molar-refractivity contribution >= 4 is 27.7 Å². The minimum Gasteiger partial charge on any atom is -0.483 e. The Morgan fingerprint density at radius 2 is 1.76 bits per heavy atom. The second kappa shape index (κ2) is 10.4. The van der Waals surface area contributed by atoms with E-state index in [9.17, 15) is 9.59 Å². The van der Waals surface area contributed by atoms with Gasteiger partial charge in [0.1, 0.15) is 11.8 Å². The van der Waals surface area contributed by atoms with E-state index >= 15 is 0 Å². The first-order valence-electron chi connectivity index (χ1n) is 9.71. The Morgan fingerprint density at radius 3 is 2.31 bits per heavy atom. The van der Waals surface area contributed by atoms with Crippen LogP contribution < -0.4 is 10.1 Å². The third-order valence-corrected chi connectivity index (χ3v) is 5.48. The number of hydrogen-bond acceptors (Lipinski definition) is 3. The summed E-state index contributed by atoms with van der Waals surface area (Å²) in [6.07, 6.45) is 0. The van der Waals surface area contributed by atoms with E-state index in [1.807, 2.05) is 49.4 Å². The number of amides is 2. The van der Waals surface area contributed by atoms with Gasteiger partial charge >= 0.3 is 0 Å². The first-order chi connectivity index (χ1) is 13.7. The molecule has 0 fully saturated rings. The Kier molecular flexibility index (Phi) is 8.26. The molecule has 0 bridgehead atoms. The topological polar surface area (TPSA) is 58.6 Å². The second-order valence-electron chi connectivity index (χ2n) is 7.43. The lowest BCUT2D eigenvalue weighted by atomic mass is 10.0. The molecule has 2 aromatic rings. The molecule has 0 aliphatic carbocycles. The van der Waals surface area contributed by atoms with Crippen LogP contribution in [0, 0.1) is 6.92 Å². The molecule has 1 unspecified atom stereocenters. The first kappa shape index (κ1) is 22.9. The van der Waals surface area contributed by atoms with Gasteiger partial charge in [0.05, 0.1) is 4.47 Å². The molecule has 5 nitrogen and oxygen atoms in total. The van der Waals surface area contributed by atoms with E-state index in [4.69, 9.17) is 4.74 Å². The number of hydrogen-bond donors (Lipinski definition) is 1. The van der Waals surface area contributed by atoms with Crippen molar-refractivity contribution in [1.82, 2.24) is 10.2 Å². The molecule has 156 valence electrons. The number of benzene rings is 2. The van der Waals surface area contributed by atoms with Crippen molar-refractivity contribution in [2.24, 2.45) is 0 Å². The fraction of sp³-hybridized carbons (Fsp3) is 0.391. The Labute approximate surface area is 181 Å². The number of aryl methyl sites for hydroxylation is 1. The van der Waals surface area contributed by atoms with Crippen LogP contribution >= 0.6 is 15.9 Å². The maximum absolute atomic E-state index is 12.9. The summed E-state index contributed by atoms with van der Waals surface area (Å²) in [5.74, 6) is 0.542. The van der Waals surface area contributed by atoms with Gasteiger partial charge < -0.3 is 15.0 Å². The molecule has 0 saturated carbocycles. The maximum atomic E-state index is 12.9. The summed E-state index contributed by atoms with van der Waals surface area (Å²) in [6.45, 7) is 8.16. The minimum absolute atomic E-state index is 0.146. The van der Waals surface area contributed by atoms with Crippen LogP contribution in [0.15, 0.2) is 46.9 Å². The van der Waals surface area contributed by atoms with Gasteiger partial charge in [0.15, 0.2) is 6.61 Å². The van der Waals surface area contributed by atoms with E-state index in [1.165, 1.54) is 5.56 Å². The molecule has 0 aliphatic heterocycles. The molecule has 6 heteroatoms. The molecular weight excluding hydrogens is 432 g/mol. The zero-order valence-corrected chi connectivity index (χ0v) is 19.2. The Bertz CT molecular complexity index is 850. The number of carbonyl (C=O) groups excluding carboxylic acids is 2. The Balaban J connectivity index is 2.14. The standard InChI is InChI=1S/C23H29BrN2O3/c1-15(2)19-10-11-21(20(24)12-19)29-14-22(27)26(17(4)23(28)25-5)13-18-8-6-16(3)7-9-18/h6-12,15,17H,13-14H2,1-5H3,(H,25,28). The van der Waals surface area contributed by atoms with E-state index in [1.54, 1.807) is 18.9 Å². The van der Waals surface area contributed by atoms with Crippen LogP contribution in [-0.2, 0) is 16.1 Å². The summed E-state index contributed by atoms with van der Waals surface area (Å²) in [5.41, 5.74) is 3.29. The molecule has 0 spiro atoms. The Hall–Kier alpha value is -2.34. The van der Waals surface area contributed by atoms with Crippen LogP contribution in [-0.4, -0.2) is 36.4 Å². The van der Waals surface area contributed by atoms with Gasteiger partial charge in [-0.05, 0) is 59.0 Å². The van der Waals surface area contributed by atoms with Gasteiger partial charge in [0.2, 0.25) is 5.91 Å². The number of carbonyl (C=O) groups is 2. The molecule has 29 heavy (non-hydrogen) atoms. The second-order valence-corrected chi connectivity index (χ2v) is 8.29. The quantitative estimate of drug-likeness (QED) is 0.633. The summed E-state index contributed by atoms with van der Waals surface area (Å²) in [4.78, 5) is 26.7. The van der Waals surface area contributed by atoms with Crippen LogP contribution in [0.4, 0.5) is 0 Å². The largest absolute Gasteiger partial charge is 0.483 e. The third kappa shape index (κ3) is 6.32. The van der Waals surface area contributed by atoms with Gasteiger partial charge in [-0.3, -0.25) is 9.59 Å². The molecule has 2 rings (SSSR count). The number of halogens is 1. The van der Waals surface area contributed by atoms with E-state index in [0.717, 1.165) is 15.6 Å². The summed E-state index contributed by atoms with van der Waals surface area (Å²) in [6, 6.07) is 13.2. The maximum Gasteiger partial charge on any atom is 0.261 e. The first-order valence-corrected chi connectivity index (χ1v) is 10.5. The number of nitrogens with zero attached hydrogens (tertiary/aromatic N) is 1. The zero-order chi connectivity index (χ0) is 21.6. The van der Waals surface area contributed by atoms with E-state index in [2.05, 4.69) is 35.1 Å². The summed E-state index contributed by atoms with van der Waals surface area (Å²) in [7, 11) is 1.57.